The Morgan fingerprint density at radius 3 is 2.67 bits per heavy atom. The van der Waals surface area contributed by atoms with E-state index in [1.165, 1.54) is 10.8 Å². The SMILES string of the molecule is Cn1c(=O)c(-c2cccc(C#N)c2)nc2cnc(Oc3ccccc3)nc21. The molecule has 0 N–H and O–H groups in total. The quantitative estimate of drug-likeness (QED) is 0.561. The van der Waals surface area contributed by atoms with Crippen molar-refractivity contribution in [2.75, 3.05) is 0 Å². The van der Waals surface area contributed by atoms with Gasteiger partial charge >= 0.3 is 6.01 Å². The van der Waals surface area contributed by atoms with Crippen LogP contribution in [0.3, 0.4) is 0 Å². The maximum Gasteiger partial charge on any atom is 0.324 e. The molecule has 4 aromatic rings. The van der Waals surface area contributed by atoms with Crippen LogP contribution in [0.25, 0.3) is 22.4 Å². The number of aryl methyl sites for hydroxylation is 1. The molecule has 27 heavy (non-hydrogen) atoms. The number of benzene rings is 2. The number of hydrogen-bond acceptors (Lipinski definition) is 6. The van der Waals surface area contributed by atoms with Crippen molar-refractivity contribution in [2.24, 2.45) is 7.05 Å². The van der Waals surface area contributed by atoms with E-state index in [0.717, 1.165) is 0 Å². The highest BCUT2D eigenvalue weighted by Crippen LogP contribution is 2.20. The van der Waals surface area contributed by atoms with E-state index in [0.29, 0.717) is 28.0 Å². The molecule has 0 saturated heterocycles. The van der Waals surface area contributed by atoms with E-state index in [1.807, 2.05) is 18.2 Å². The second-order valence-electron chi connectivity index (χ2n) is 5.79. The van der Waals surface area contributed by atoms with E-state index >= 15 is 0 Å². The summed E-state index contributed by atoms with van der Waals surface area (Å²) in [5, 5.41) is 9.07. The fourth-order valence-electron chi connectivity index (χ4n) is 2.67. The molecule has 0 saturated carbocycles. The van der Waals surface area contributed by atoms with Gasteiger partial charge in [-0.15, -0.1) is 0 Å². The van der Waals surface area contributed by atoms with Gasteiger partial charge in [0.05, 0.1) is 17.8 Å². The summed E-state index contributed by atoms with van der Waals surface area (Å²) in [5.41, 5.74) is 1.76. The molecule has 0 amide bonds. The number of nitrogens with zero attached hydrogens (tertiary/aromatic N) is 5. The van der Waals surface area contributed by atoms with Gasteiger partial charge in [0.25, 0.3) is 5.56 Å². The van der Waals surface area contributed by atoms with Gasteiger partial charge in [-0.3, -0.25) is 9.36 Å². The van der Waals surface area contributed by atoms with Gasteiger partial charge in [-0.1, -0.05) is 30.3 Å². The predicted octanol–water partition coefficient (Wildman–Crippen LogP) is 3.05. The first-order valence-corrected chi connectivity index (χ1v) is 8.13. The number of aromatic nitrogens is 4. The van der Waals surface area contributed by atoms with E-state index in [9.17, 15) is 4.79 Å². The summed E-state index contributed by atoms with van der Waals surface area (Å²) in [6.07, 6.45) is 1.51. The topological polar surface area (TPSA) is 93.7 Å². The van der Waals surface area contributed by atoms with Crippen LogP contribution in [0.1, 0.15) is 5.56 Å². The van der Waals surface area contributed by atoms with E-state index in [1.54, 1.807) is 43.4 Å². The van der Waals surface area contributed by atoms with Gasteiger partial charge in [-0.25, -0.2) is 9.97 Å². The number of ether oxygens (including phenoxy) is 1. The zero-order valence-electron chi connectivity index (χ0n) is 14.3. The van der Waals surface area contributed by atoms with Crippen LogP contribution in [-0.4, -0.2) is 19.5 Å². The summed E-state index contributed by atoms with van der Waals surface area (Å²) >= 11 is 0. The van der Waals surface area contributed by atoms with E-state index in [4.69, 9.17) is 10.00 Å². The van der Waals surface area contributed by atoms with Crippen molar-refractivity contribution in [1.29, 1.82) is 5.26 Å². The lowest BCUT2D eigenvalue weighted by Gasteiger charge is -2.09. The molecule has 2 aromatic carbocycles. The maximum absolute atomic E-state index is 12.8. The van der Waals surface area contributed by atoms with Crippen LogP contribution < -0.4 is 10.3 Å². The highest BCUT2D eigenvalue weighted by atomic mass is 16.5. The number of fused-ring (bicyclic) bond motifs is 1. The van der Waals surface area contributed by atoms with Crippen molar-refractivity contribution >= 4 is 11.2 Å². The molecule has 0 spiro atoms. The Balaban J connectivity index is 1.82. The summed E-state index contributed by atoms with van der Waals surface area (Å²) in [5.74, 6) is 0.597. The fourth-order valence-corrected chi connectivity index (χ4v) is 2.67. The molecular formula is C20H13N5O2. The largest absolute Gasteiger partial charge is 0.424 e. The molecule has 0 aliphatic rings. The van der Waals surface area contributed by atoms with Crippen molar-refractivity contribution in [3.8, 4) is 29.1 Å². The Labute approximate surface area is 154 Å². The lowest BCUT2D eigenvalue weighted by atomic mass is 10.1. The smallest absolute Gasteiger partial charge is 0.324 e. The average molecular weight is 355 g/mol. The first-order chi connectivity index (χ1) is 13.2. The molecule has 2 aromatic heterocycles. The number of rotatable bonds is 3. The van der Waals surface area contributed by atoms with Gasteiger partial charge in [-0.2, -0.15) is 10.2 Å². The van der Waals surface area contributed by atoms with Crippen molar-refractivity contribution in [1.82, 2.24) is 19.5 Å². The van der Waals surface area contributed by atoms with Gasteiger partial charge in [0.2, 0.25) is 0 Å². The number of para-hydroxylation sites is 1. The maximum atomic E-state index is 12.8. The molecule has 0 aliphatic heterocycles. The van der Waals surface area contributed by atoms with E-state index in [2.05, 4.69) is 21.0 Å². The zero-order chi connectivity index (χ0) is 18.8. The van der Waals surface area contributed by atoms with Crippen LogP contribution in [0.2, 0.25) is 0 Å². The molecule has 7 heteroatoms. The summed E-state index contributed by atoms with van der Waals surface area (Å²) in [6.45, 7) is 0. The van der Waals surface area contributed by atoms with Gasteiger partial charge in [0, 0.05) is 12.6 Å². The summed E-state index contributed by atoms with van der Waals surface area (Å²) in [6, 6.07) is 18.1. The third-order valence-corrected chi connectivity index (χ3v) is 4.00. The normalized spacial score (nSPS) is 10.5. The van der Waals surface area contributed by atoms with Gasteiger partial charge in [0.15, 0.2) is 5.65 Å². The predicted molar refractivity (Wildman–Crippen MR) is 99.2 cm³/mol. The summed E-state index contributed by atoms with van der Waals surface area (Å²) < 4.78 is 7.02. The standard InChI is InChI=1S/C20H13N5O2/c1-25-18-16(12-22-20(24-18)27-15-8-3-2-4-9-15)23-17(19(25)26)14-7-5-6-13(10-14)11-21/h2-10,12H,1H3. The molecule has 2 heterocycles. The number of hydrogen-bond donors (Lipinski definition) is 0. The molecule has 0 aliphatic carbocycles. The summed E-state index contributed by atoms with van der Waals surface area (Å²) in [4.78, 5) is 25.7. The van der Waals surface area contributed by atoms with Gasteiger partial charge in [0.1, 0.15) is 17.0 Å². The molecule has 0 radical (unpaired) electrons. The second kappa shape index (κ2) is 6.69. The van der Waals surface area contributed by atoms with Crippen LogP contribution >= 0.6 is 0 Å². The molecule has 130 valence electrons. The molecule has 0 atom stereocenters. The molecule has 4 rings (SSSR count). The minimum Gasteiger partial charge on any atom is -0.424 e. The third kappa shape index (κ3) is 3.12. The van der Waals surface area contributed by atoms with Crippen molar-refractivity contribution < 1.29 is 4.74 Å². The van der Waals surface area contributed by atoms with Crippen LogP contribution in [-0.2, 0) is 7.05 Å². The molecular weight excluding hydrogens is 342 g/mol. The van der Waals surface area contributed by atoms with Crippen LogP contribution in [0.5, 0.6) is 11.8 Å². The van der Waals surface area contributed by atoms with Gasteiger partial charge < -0.3 is 4.74 Å². The first-order valence-electron chi connectivity index (χ1n) is 8.13. The van der Waals surface area contributed by atoms with Crippen LogP contribution in [0.15, 0.2) is 65.6 Å². The second-order valence-corrected chi connectivity index (χ2v) is 5.79. The van der Waals surface area contributed by atoms with Crippen molar-refractivity contribution in [3.05, 3.63) is 76.7 Å². The number of nitriles is 1. The fraction of sp³-hybridized carbons (Fsp3) is 0.0500. The Kier molecular flexibility index (Phi) is 4.07. The highest BCUT2D eigenvalue weighted by molar-refractivity contribution is 5.74. The molecule has 7 nitrogen and oxygen atoms in total. The van der Waals surface area contributed by atoms with Crippen molar-refractivity contribution in [2.45, 2.75) is 0 Å². The monoisotopic (exact) mass is 355 g/mol. The molecule has 0 bridgehead atoms. The Morgan fingerprint density at radius 2 is 1.89 bits per heavy atom. The van der Waals surface area contributed by atoms with Crippen molar-refractivity contribution in [3.63, 3.8) is 0 Å². The summed E-state index contributed by atoms with van der Waals surface area (Å²) in [7, 11) is 1.61. The van der Waals surface area contributed by atoms with E-state index in [-0.39, 0.29) is 17.3 Å². The average Bonchev–Trinajstić information content (AvgIpc) is 2.72. The van der Waals surface area contributed by atoms with Crippen LogP contribution in [0, 0.1) is 11.3 Å². The van der Waals surface area contributed by atoms with Crippen LogP contribution in [0.4, 0.5) is 0 Å². The molecule has 0 fully saturated rings. The zero-order valence-corrected chi connectivity index (χ0v) is 14.3. The lowest BCUT2D eigenvalue weighted by Crippen LogP contribution is -2.21. The molecule has 0 unspecified atom stereocenters. The lowest BCUT2D eigenvalue weighted by molar-refractivity contribution is 0.443. The Morgan fingerprint density at radius 1 is 1.07 bits per heavy atom. The minimum atomic E-state index is -0.318. The highest BCUT2D eigenvalue weighted by Gasteiger charge is 2.14. The minimum absolute atomic E-state index is 0.129. The third-order valence-electron chi connectivity index (χ3n) is 4.00. The van der Waals surface area contributed by atoms with E-state index < -0.39 is 0 Å². The Hall–Kier alpha value is -4.05. The van der Waals surface area contributed by atoms with Gasteiger partial charge in [-0.05, 0) is 24.3 Å². The first kappa shape index (κ1) is 16.4. The Bertz CT molecular complexity index is 1240.